The van der Waals surface area contributed by atoms with Crippen molar-refractivity contribution in [2.75, 3.05) is 17.9 Å². The highest BCUT2D eigenvalue weighted by Crippen LogP contribution is 2.40. The fraction of sp³-hybridized carbons (Fsp3) is 0.261. The monoisotopic (exact) mass is 435 g/mol. The molecule has 2 amide bonds. The maximum Gasteiger partial charge on any atom is 0.234 e. The summed E-state index contributed by atoms with van der Waals surface area (Å²) in [6.45, 7) is 2.22. The predicted octanol–water partition coefficient (Wildman–Crippen LogP) is 3.69. The summed E-state index contributed by atoms with van der Waals surface area (Å²) >= 11 is 1.15. The Labute approximate surface area is 184 Å². The van der Waals surface area contributed by atoms with Crippen molar-refractivity contribution in [1.29, 1.82) is 5.26 Å². The van der Waals surface area contributed by atoms with Gasteiger partial charge in [-0.05, 0) is 41.8 Å². The first-order valence-corrected chi connectivity index (χ1v) is 10.9. The van der Waals surface area contributed by atoms with Crippen LogP contribution in [0.25, 0.3) is 0 Å². The van der Waals surface area contributed by atoms with Crippen molar-refractivity contribution in [3.63, 3.8) is 0 Å². The molecule has 31 heavy (non-hydrogen) atoms. The van der Waals surface area contributed by atoms with Crippen molar-refractivity contribution in [3.8, 4) is 17.6 Å². The Balaban J connectivity index is 1.48. The molecule has 0 radical (unpaired) electrons. The van der Waals surface area contributed by atoms with E-state index in [4.69, 9.17) is 9.47 Å². The summed E-state index contributed by atoms with van der Waals surface area (Å²) in [5, 5.41) is 15.8. The summed E-state index contributed by atoms with van der Waals surface area (Å²) in [5.41, 5.74) is 3.14. The van der Waals surface area contributed by atoms with E-state index < -0.39 is 5.92 Å². The standard InChI is InChI=1S/C23H21N3O4S/c1-2-14-3-6-16(7-4-14)25-22(28)12-31-23-18(11-24)17(10-21(27)26-23)15-5-8-19-20(9-15)30-13-29-19/h3-9,17H,2,10,12-13H2,1H3,(H,25,28)(H,26,27)/t17-/m0/s1. The van der Waals surface area contributed by atoms with E-state index in [1.165, 1.54) is 5.56 Å². The van der Waals surface area contributed by atoms with Crippen LogP contribution < -0.4 is 20.1 Å². The van der Waals surface area contributed by atoms with E-state index in [-0.39, 0.29) is 30.8 Å². The van der Waals surface area contributed by atoms with Crippen LogP contribution >= 0.6 is 11.8 Å². The van der Waals surface area contributed by atoms with E-state index in [0.717, 1.165) is 23.7 Å². The zero-order chi connectivity index (χ0) is 21.8. The third-order valence-corrected chi connectivity index (χ3v) is 6.17. The number of nitriles is 1. The molecule has 2 N–H and O–H groups in total. The fourth-order valence-corrected chi connectivity index (χ4v) is 4.38. The van der Waals surface area contributed by atoms with E-state index in [1.54, 1.807) is 12.1 Å². The maximum absolute atomic E-state index is 12.4. The van der Waals surface area contributed by atoms with E-state index in [2.05, 4.69) is 23.6 Å². The number of ether oxygens (including phenoxy) is 2. The van der Waals surface area contributed by atoms with Crippen LogP contribution in [0.5, 0.6) is 11.5 Å². The lowest BCUT2D eigenvalue weighted by Crippen LogP contribution is -2.31. The third kappa shape index (κ3) is 4.67. The highest BCUT2D eigenvalue weighted by Gasteiger charge is 2.31. The summed E-state index contributed by atoms with van der Waals surface area (Å²) in [6, 6.07) is 15.3. The minimum absolute atomic E-state index is 0.0736. The average Bonchev–Trinajstić information content (AvgIpc) is 3.25. The molecule has 158 valence electrons. The minimum atomic E-state index is -0.402. The average molecular weight is 436 g/mol. The van der Waals surface area contributed by atoms with Gasteiger partial charge in [-0.3, -0.25) is 9.59 Å². The fourth-order valence-electron chi connectivity index (χ4n) is 3.51. The number of fused-ring (bicyclic) bond motifs is 1. The second kappa shape index (κ2) is 9.14. The smallest absolute Gasteiger partial charge is 0.234 e. The first-order chi connectivity index (χ1) is 15.1. The van der Waals surface area contributed by atoms with Gasteiger partial charge in [0.2, 0.25) is 18.6 Å². The number of thioether (sulfide) groups is 1. The topological polar surface area (TPSA) is 100 Å². The van der Waals surface area contributed by atoms with Crippen LogP contribution in [0.4, 0.5) is 5.69 Å². The molecule has 0 aromatic heterocycles. The summed E-state index contributed by atoms with van der Waals surface area (Å²) in [7, 11) is 0. The van der Waals surface area contributed by atoms with Crippen molar-refractivity contribution in [2.45, 2.75) is 25.7 Å². The Morgan fingerprint density at radius 1 is 1.23 bits per heavy atom. The second-order valence-corrected chi connectivity index (χ2v) is 8.15. The number of hydrogen-bond donors (Lipinski definition) is 2. The number of aryl methyl sites for hydroxylation is 1. The normalized spacial score (nSPS) is 17.2. The summed E-state index contributed by atoms with van der Waals surface area (Å²) < 4.78 is 10.8. The van der Waals surface area contributed by atoms with E-state index in [0.29, 0.717) is 27.8 Å². The van der Waals surface area contributed by atoms with E-state index >= 15 is 0 Å². The SMILES string of the molecule is CCc1ccc(NC(=O)CSC2=C(C#N)[C@H](c3ccc4c(c3)OCO4)CC(=O)N2)cc1. The molecule has 2 aliphatic heterocycles. The first kappa shape index (κ1) is 20.8. The molecule has 0 saturated heterocycles. The van der Waals surface area contributed by atoms with E-state index in [9.17, 15) is 14.9 Å². The molecule has 0 saturated carbocycles. The van der Waals surface area contributed by atoms with Crippen LogP contribution in [0.2, 0.25) is 0 Å². The third-order valence-electron chi connectivity index (χ3n) is 5.15. The maximum atomic E-state index is 12.4. The van der Waals surface area contributed by atoms with Gasteiger partial charge >= 0.3 is 0 Å². The van der Waals surface area contributed by atoms with Crippen molar-refractivity contribution < 1.29 is 19.1 Å². The number of nitrogens with one attached hydrogen (secondary N) is 2. The Morgan fingerprint density at radius 3 is 2.74 bits per heavy atom. The number of allylic oxidation sites excluding steroid dienone is 1. The van der Waals surface area contributed by atoms with Gasteiger partial charge in [0.15, 0.2) is 11.5 Å². The van der Waals surface area contributed by atoms with Crippen LogP contribution in [0.15, 0.2) is 53.1 Å². The summed E-state index contributed by atoms with van der Waals surface area (Å²) in [4.78, 5) is 24.7. The molecular formula is C23H21N3O4S. The molecule has 8 heteroatoms. The number of hydrogen-bond acceptors (Lipinski definition) is 6. The van der Waals surface area contributed by atoms with Gasteiger partial charge in [-0.15, -0.1) is 0 Å². The molecular weight excluding hydrogens is 414 g/mol. The van der Waals surface area contributed by atoms with Crippen molar-refractivity contribution in [1.82, 2.24) is 5.32 Å². The van der Waals surface area contributed by atoms with Crippen LogP contribution in [-0.4, -0.2) is 24.4 Å². The van der Waals surface area contributed by atoms with Crippen LogP contribution in [0, 0.1) is 11.3 Å². The number of nitrogens with zero attached hydrogens (tertiary/aromatic N) is 1. The molecule has 1 atom stereocenters. The largest absolute Gasteiger partial charge is 0.454 e. The van der Waals surface area contributed by atoms with E-state index in [1.807, 2.05) is 30.3 Å². The van der Waals surface area contributed by atoms with Gasteiger partial charge in [-0.1, -0.05) is 36.9 Å². The Hall–Kier alpha value is -3.44. The summed E-state index contributed by atoms with van der Waals surface area (Å²) in [6.07, 6.45) is 1.09. The van der Waals surface area contributed by atoms with Gasteiger partial charge in [-0.25, -0.2) is 0 Å². The molecule has 2 aromatic rings. The lowest BCUT2D eigenvalue weighted by Gasteiger charge is -2.25. The second-order valence-electron chi connectivity index (χ2n) is 7.16. The molecule has 0 unspecified atom stereocenters. The van der Waals surface area contributed by atoms with Gasteiger partial charge < -0.3 is 20.1 Å². The first-order valence-electron chi connectivity index (χ1n) is 9.92. The molecule has 4 rings (SSSR count). The van der Waals surface area contributed by atoms with Crippen molar-refractivity contribution in [3.05, 3.63) is 64.2 Å². The molecule has 2 heterocycles. The number of benzene rings is 2. The molecule has 0 spiro atoms. The zero-order valence-corrected chi connectivity index (χ0v) is 17.8. The van der Waals surface area contributed by atoms with Gasteiger partial charge in [-0.2, -0.15) is 5.26 Å². The van der Waals surface area contributed by atoms with Crippen LogP contribution in [0.1, 0.15) is 30.4 Å². The van der Waals surface area contributed by atoms with Gasteiger partial charge in [0, 0.05) is 18.0 Å². The predicted molar refractivity (Wildman–Crippen MR) is 118 cm³/mol. The Morgan fingerprint density at radius 2 is 2.00 bits per heavy atom. The van der Waals surface area contributed by atoms with Gasteiger partial charge in [0.05, 0.1) is 22.4 Å². The quantitative estimate of drug-likeness (QED) is 0.718. The molecule has 0 fully saturated rings. The summed E-state index contributed by atoms with van der Waals surface area (Å²) in [5.74, 6) is 0.510. The highest BCUT2D eigenvalue weighted by atomic mass is 32.2. The van der Waals surface area contributed by atoms with Gasteiger partial charge in [0.1, 0.15) is 0 Å². The molecule has 0 bridgehead atoms. The van der Waals surface area contributed by atoms with Crippen LogP contribution in [0.3, 0.4) is 0 Å². The van der Waals surface area contributed by atoms with Crippen molar-refractivity contribution >= 4 is 29.3 Å². The number of anilines is 1. The number of rotatable bonds is 6. The lowest BCUT2D eigenvalue weighted by molar-refractivity contribution is -0.121. The molecule has 0 aliphatic carbocycles. The number of carbonyl (C=O) groups excluding carboxylic acids is 2. The minimum Gasteiger partial charge on any atom is -0.454 e. The Kier molecular flexibility index (Phi) is 6.14. The Bertz CT molecular complexity index is 1090. The van der Waals surface area contributed by atoms with Gasteiger partial charge in [0.25, 0.3) is 0 Å². The number of amides is 2. The highest BCUT2D eigenvalue weighted by molar-refractivity contribution is 8.03. The number of carbonyl (C=O) groups is 2. The lowest BCUT2D eigenvalue weighted by atomic mass is 9.87. The molecule has 7 nitrogen and oxygen atoms in total. The molecule has 2 aromatic carbocycles. The zero-order valence-electron chi connectivity index (χ0n) is 16.9. The molecule has 2 aliphatic rings. The van der Waals surface area contributed by atoms with Crippen molar-refractivity contribution in [2.24, 2.45) is 0 Å². The van der Waals surface area contributed by atoms with Crippen LogP contribution in [-0.2, 0) is 16.0 Å².